The van der Waals surface area contributed by atoms with Gasteiger partial charge in [-0.1, -0.05) is 23.4 Å². The zero-order valence-corrected chi connectivity index (χ0v) is 19.3. The first-order valence-corrected chi connectivity index (χ1v) is 11.1. The molecule has 0 spiro atoms. The van der Waals surface area contributed by atoms with E-state index >= 15 is 0 Å². The quantitative estimate of drug-likeness (QED) is 0.219. The second-order valence-electron chi connectivity index (χ2n) is 7.97. The van der Waals surface area contributed by atoms with Gasteiger partial charge in [-0.25, -0.2) is 18.7 Å². The van der Waals surface area contributed by atoms with Gasteiger partial charge < -0.3 is 25.2 Å². The van der Waals surface area contributed by atoms with Gasteiger partial charge >= 0.3 is 5.97 Å². The van der Waals surface area contributed by atoms with Gasteiger partial charge in [0.15, 0.2) is 17.5 Å². The standard InChI is InChI=1S/C24H22F2N6O5/c25-17-4-2-1-3-14(17)13-32-21(19-6-8-37-31-19)11-20(30-32)24-28-12-18(26)23(29-24)27-7-5-15(33)9-16(34)10-22(35)36/h1-6,8,11-12,16,33-34H,7,9-10,13H2,(H,35,36)(H,27,28,29)/b15-5-/t16-/m1/s1. The summed E-state index contributed by atoms with van der Waals surface area (Å²) in [4.78, 5) is 18.8. The van der Waals surface area contributed by atoms with Crippen molar-refractivity contribution in [1.82, 2.24) is 24.9 Å². The first-order chi connectivity index (χ1) is 17.8. The number of nitrogens with zero attached hydrogens (tertiary/aromatic N) is 5. The Labute approximate surface area is 208 Å². The number of halogens is 2. The molecule has 192 valence electrons. The summed E-state index contributed by atoms with van der Waals surface area (Å²) in [5.74, 6) is -2.72. The fourth-order valence-electron chi connectivity index (χ4n) is 3.46. The Hall–Kier alpha value is -4.65. The van der Waals surface area contributed by atoms with Crippen LogP contribution in [0.1, 0.15) is 18.4 Å². The first kappa shape index (κ1) is 25.4. The van der Waals surface area contributed by atoms with Crippen molar-refractivity contribution in [2.45, 2.75) is 25.5 Å². The normalized spacial score (nSPS) is 12.5. The Morgan fingerprint density at radius 1 is 1.14 bits per heavy atom. The summed E-state index contributed by atoms with van der Waals surface area (Å²) in [6, 6.07) is 9.49. The molecule has 3 heterocycles. The van der Waals surface area contributed by atoms with E-state index in [4.69, 9.17) is 9.63 Å². The summed E-state index contributed by atoms with van der Waals surface area (Å²) in [6.07, 6.45) is 1.56. The molecule has 4 rings (SSSR count). The Morgan fingerprint density at radius 3 is 2.68 bits per heavy atom. The number of aromatic nitrogens is 5. The van der Waals surface area contributed by atoms with Gasteiger partial charge in [0.05, 0.1) is 36.7 Å². The lowest BCUT2D eigenvalue weighted by atomic mass is 10.1. The number of hydrogen-bond donors (Lipinski definition) is 4. The van der Waals surface area contributed by atoms with Crippen LogP contribution in [0.5, 0.6) is 0 Å². The van der Waals surface area contributed by atoms with E-state index in [0.29, 0.717) is 17.0 Å². The highest BCUT2D eigenvalue weighted by atomic mass is 19.1. The number of nitrogens with one attached hydrogen (secondary N) is 1. The van der Waals surface area contributed by atoms with E-state index in [2.05, 4.69) is 25.5 Å². The predicted octanol–water partition coefficient (Wildman–Crippen LogP) is 3.40. The highest BCUT2D eigenvalue weighted by Crippen LogP contribution is 2.26. The van der Waals surface area contributed by atoms with Crippen molar-refractivity contribution < 1.29 is 33.4 Å². The summed E-state index contributed by atoms with van der Waals surface area (Å²) < 4.78 is 35.0. The van der Waals surface area contributed by atoms with Crippen LogP contribution in [0.2, 0.25) is 0 Å². The van der Waals surface area contributed by atoms with E-state index in [-0.39, 0.29) is 42.6 Å². The molecule has 0 aliphatic carbocycles. The van der Waals surface area contributed by atoms with Gasteiger partial charge in [0.2, 0.25) is 0 Å². The number of hydrogen-bond acceptors (Lipinski definition) is 9. The third-order valence-electron chi connectivity index (χ3n) is 5.19. The maximum Gasteiger partial charge on any atom is 0.305 e. The smallest absolute Gasteiger partial charge is 0.305 e. The van der Waals surface area contributed by atoms with Crippen molar-refractivity contribution in [2.24, 2.45) is 0 Å². The fraction of sp³-hybridized carbons (Fsp3) is 0.208. The van der Waals surface area contributed by atoms with Gasteiger partial charge in [-0.3, -0.25) is 9.48 Å². The summed E-state index contributed by atoms with van der Waals surface area (Å²) >= 11 is 0. The average molecular weight is 512 g/mol. The minimum absolute atomic E-state index is 0.0646. The second kappa shape index (κ2) is 11.4. The maximum absolute atomic E-state index is 14.3. The lowest BCUT2D eigenvalue weighted by Crippen LogP contribution is -2.14. The molecule has 0 fully saturated rings. The molecule has 0 amide bonds. The summed E-state index contributed by atoms with van der Waals surface area (Å²) in [5, 5.41) is 39.2. The largest absolute Gasteiger partial charge is 0.512 e. The molecule has 0 radical (unpaired) electrons. The van der Waals surface area contributed by atoms with Crippen LogP contribution in [0.3, 0.4) is 0 Å². The molecule has 0 bridgehead atoms. The molecule has 3 aromatic heterocycles. The van der Waals surface area contributed by atoms with E-state index in [9.17, 15) is 23.8 Å². The van der Waals surface area contributed by atoms with E-state index in [1.54, 1.807) is 30.3 Å². The predicted molar refractivity (Wildman–Crippen MR) is 126 cm³/mol. The maximum atomic E-state index is 14.3. The molecule has 0 saturated carbocycles. The van der Waals surface area contributed by atoms with Crippen LogP contribution >= 0.6 is 0 Å². The Kier molecular flexibility index (Phi) is 7.83. The van der Waals surface area contributed by atoms with Crippen LogP contribution in [-0.2, 0) is 11.3 Å². The van der Waals surface area contributed by atoms with Gasteiger partial charge in [-0.15, -0.1) is 0 Å². The Bertz CT molecular complexity index is 1410. The molecule has 11 nitrogen and oxygen atoms in total. The molecule has 1 aromatic carbocycles. The summed E-state index contributed by atoms with van der Waals surface area (Å²) in [7, 11) is 0. The number of rotatable bonds is 11. The minimum atomic E-state index is -1.26. The summed E-state index contributed by atoms with van der Waals surface area (Å²) in [6.45, 7) is 0.0177. The van der Waals surface area contributed by atoms with E-state index in [1.807, 2.05) is 0 Å². The lowest BCUT2D eigenvalue weighted by Gasteiger charge is -2.08. The van der Waals surface area contributed by atoms with Crippen molar-refractivity contribution in [3.05, 3.63) is 77.9 Å². The average Bonchev–Trinajstić information content (AvgIpc) is 3.51. The second-order valence-corrected chi connectivity index (χ2v) is 7.97. The first-order valence-electron chi connectivity index (χ1n) is 11.1. The van der Waals surface area contributed by atoms with Crippen molar-refractivity contribution in [1.29, 1.82) is 0 Å². The van der Waals surface area contributed by atoms with Crippen LogP contribution in [0.25, 0.3) is 22.9 Å². The molecule has 0 aliphatic rings. The van der Waals surface area contributed by atoms with Gasteiger partial charge in [-0.2, -0.15) is 5.10 Å². The van der Waals surface area contributed by atoms with E-state index in [1.165, 1.54) is 23.1 Å². The number of carboxylic acid groups (broad SMARTS) is 1. The third-order valence-corrected chi connectivity index (χ3v) is 5.19. The van der Waals surface area contributed by atoms with Gasteiger partial charge in [0.25, 0.3) is 0 Å². The topological polar surface area (TPSA) is 159 Å². The van der Waals surface area contributed by atoms with Crippen LogP contribution in [-0.4, -0.2) is 58.8 Å². The van der Waals surface area contributed by atoms with E-state index < -0.39 is 30.1 Å². The van der Waals surface area contributed by atoms with Crippen LogP contribution in [0, 0.1) is 11.6 Å². The van der Waals surface area contributed by atoms with Crippen LogP contribution < -0.4 is 5.32 Å². The van der Waals surface area contributed by atoms with Crippen molar-refractivity contribution >= 4 is 11.8 Å². The number of aliphatic hydroxyl groups is 2. The fourth-order valence-corrected chi connectivity index (χ4v) is 3.46. The number of anilines is 1. The van der Waals surface area contributed by atoms with Crippen molar-refractivity contribution in [3.8, 4) is 22.9 Å². The molecule has 0 aliphatic heterocycles. The number of carbonyl (C=O) groups is 1. The Balaban J connectivity index is 1.55. The Morgan fingerprint density at radius 2 is 1.95 bits per heavy atom. The molecule has 4 aromatic rings. The third kappa shape index (κ3) is 6.52. The number of carboxylic acids is 1. The molecular formula is C24H22F2N6O5. The SMILES string of the molecule is O=C(O)C[C@H](O)C/C(O)=C/CNc1nc(-c2cc(-c3ccon3)n(Cc3ccccc3F)n2)ncc1F. The number of aliphatic carboxylic acids is 1. The number of benzene rings is 1. The molecule has 4 N–H and O–H groups in total. The highest BCUT2D eigenvalue weighted by molar-refractivity contribution is 5.67. The zero-order chi connectivity index (χ0) is 26.4. The monoisotopic (exact) mass is 512 g/mol. The molecule has 37 heavy (non-hydrogen) atoms. The zero-order valence-electron chi connectivity index (χ0n) is 19.3. The van der Waals surface area contributed by atoms with E-state index in [0.717, 1.165) is 6.20 Å². The minimum Gasteiger partial charge on any atom is -0.512 e. The molecule has 1 atom stereocenters. The molecule has 0 saturated heterocycles. The van der Waals surface area contributed by atoms with Crippen molar-refractivity contribution in [2.75, 3.05) is 11.9 Å². The summed E-state index contributed by atoms with van der Waals surface area (Å²) in [5.41, 5.74) is 1.61. The molecule has 13 heteroatoms. The highest BCUT2D eigenvalue weighted by Gasteiger charge is 2.18. The molecule has 0 unspecified atom stereocenters. The molecular weight excluding hydrogens is 490 g/mol. The lowest BCUT2D eigenvalue weighted by molar-refractivity contribution is -0.139. The van der Waals surface area contributed by atoms with Gasteiger partial charge in [0, 0.05) is 24.6 Å². The number of aliphatic hydroxyl groups excluding tert-OH is 2. The van der Waals surface area contributed by atoms with Crippen molar-refractivity contribution in [3.63, 3.8) is 0 Å². The van der Waals surface area contributed by atoms with Gasteiger partial charge in [0.1, 0.15) is 23.5 Å². The van der Waals surface area contributed by atoms with Crippen LogP contribution in [0.4, 0.5) is 14.6 Å². The van der Waals surface area contributed by atoms with Gasteiger partial charge in [-0.05, 0) is 18.2 Å². The van der Waals surface area contributed by atoms with Crippen LogP contribution in [0.15, 0.2) is 65.2 Å².